The molecule has 1 aliphatic rings. The predicted molar refractivity (Wildman–Crippen MR) is 83.3 cm³/mol. The number of rotatable bonds is 2. The fraction of sp³-hybridized carbons (Fsp3) is 0.462. The van der Waals surface area contributed by atoms with Gasteiger partial charge in [-0.25, -0.2) is 4.79 Å². The van der Waals surface area contributed by atoms with Crippen molar-refractivity contribution in [1.29, 1.82) is 0 Å². The lowest BCUT2D eigenvalue weighted by Crippen LogP contribution is -2.54. The standard InChI is InChI=1S/C13H19N3O2.2ClH/c14-11-6-12(15)8-16(7-11)13(17)18-9-10-4-2-1-3-5-10;;/h1-5,11-12H,6-9,14-15H2;2*1H. The average molecular weight is 322 g/mol. The van der Waals surface area contributed by atoms with Gasteiger partial charge in [-0.15, -0.1) is 24.8 Å². The first-order valence-electron chi connectivity index (χ1n) is 6.12. The molecule has 2 rings (SSSR count). The summed E-state index contributed by atoms with van der Waals surface area (Å²) < 4.78 is 5.24. The van der Waals surface area contributed by atoms with Crippen LogP contribution >= 0.6 is 24.8 Å². The molecule has 1 saturated heterocycles. The van der Waals surface area contributed by atoms with Gasteiger partial charge in [0.15, 0.2) is 0 Å². The van der Waals surface area contributed by atoms with Crippen LogP contribution < -0.4 is 11.5 Å². The molecule has 1 aromatic rings. The number of likely N-dealkylation sites (tertiary alicyclic amines) is 1. The monoisotopic (exact) mass is 321 g/mol. The number of benzene rings is 1. The van der Waals surface area contributed by atoms with Crippen molar-refractivity contribution in [2.75, 3.05) is 13.1 Å². The van der Waals surface area contributed by atoms with Gasteiger partial charge in [-0.2, -0.15) is 0 Å². The Morgan fingerprint density at radius 1 is 1.15 bits per heavy atom. The van der Waals surface area contributed by atoms with E-state index < -0.39 is 0 Å². The van der Waals surface area contributed by atoms with Gasteiger partial charge >= 0.3 is 6.09 Å². The molecule has 0 aliphatic carbocycles. The lowest BCUT2D eigenvalue weighted by molar-refractivity contribution is 0.0826. The average Bonchev–Trinajstić information content (AvgIpc) is 2.36. The number of carbonyl (C=O) groups is 1. The maximum absolute atomic E-state index is 11.9. The first-order chi connectivity index (χ1) is 8.65. The largest absolute Gasteiger partial charge is 0.445 e. The zero-order valence-electron chi connectivity index (χ0n) is 11.1. The van der Waals surface area contributed by atoms with Gasteiger partial charge in [-0.3, -0.25) is 0 Å². The quantitative estimate of drug-likeness (QED) is 0.865. The van der Waals surface area contributed by atoms with Crippen molar-refractivity contribution in [3.8, 4) is 0 Å². The first kappa shape index (κ1) is 19.0. The predicted octanol–water partition coefficient (Wildman–Crippen LogP) is 1.53. The summed E-state index contributed by atoms with van der Waals surface area (Å²) in [6.45, 7) is 1.31. The van der Waals surface area contributed by atoms with E-state index in [0.717, 1.165) is 12.0 Å². The van der Waals surface area contributed by atoms with E-state index in [1.165, 1.54) is 0 Å². The molecule has 0 saturated carbocycles. The molecule has 1 aromatic carbocycles. The molecule has 1 heterocycles. The maximum Gasteiger partial charge on any atom is 0.410 e. The third-order valence-corrected chi connectivity index (χ3v) is 2.98. The molecule has 2 unspecified atom stereocenters. The van der Waals surface area contributed by atoms with Crippen molar-refractivity contribution in [3.63, 3.8) is 0 Å². The van der Waals surface area contributed by atoms with Crippen molar-refractivity contribution in [2.24, 2.45) is 11.5 Å². The normalized spacial score (nSPS) is 21.4. The van der Waals surface area contributed by atoms with Crippen LogP contribution in [0.1, 0.15) is 12.0 Å². The lowest BCUT2D eigenvalue weighted by Gasteiger charge is -2.33. The van der Waals surface area contributed by atoms with Gasteiger partial charge in [0.1, 0.15) is 6.61 Å². The molecule has 7 heteroatoms. The molecule has 1 amide bonds. The fourth-order valence-electron chi connectivity index (χ4n) is 2.14. The van der Waals surface area contributed by atoms with E-state index in [1.807, 2.05) is 30.3 Å². The number of halogens is 2. The Hall–Kier alpha value is -1.01. The summed E-state index contributed by atoms with van der Waals surface area (Å²) in [6, 6.07) is 9.47. The highest BCUT2D eigenvalue weighted by Gasteiger charge is 2.26. The molecule has 1 aliphatic heterocycles. The molecular weight excluding hydrogens is 301 g/mol. The smallest absolute Gasteiger partial charge is 0.410 e. The molecule has 4 N–H and O–H groups in total. The van der Waals surface area contributed by atoms with Crippen molar-refractivity contribution >= 4 is 30.9 Å². The Bertz CT molecular complexity index is 396. The molecule has 2 atom stereocenters. The SMILES string of the molecule is Cl.Cl.NC1CC(N)CN(C(=O)OCc2ccccc2)C1. The van der Waals surface area contributed by atoms with E-state index in [1.54, 1.807) is 4.90 Å². The second kappa shape index (κ2) is 9.02. The summed E-state index contributed by atoms with van der Waals surface area (Å²) in [4.78, 5) is 13.4. The highest BCUT2D eigenvalue weighted by atomic mass is 35.5. The minimum Gasteiger partial charge on any atom is -0.445 e. The van der Waals surface area contributed by atoms with Crippen molar-refractivity contribution in [1.82, 2.24) is 4.90 Å². The Balaban J connectivity index is 0.00000180. The summed E-state index contributed by atoms with van der Waals surface area (Å²) in [6.07, 6.45) is 0.409. The van der Waals surface area contributed by atoms with Crippen LogP contribution in [0.5, 0.6) is 0 Å². The number of ether oxygens (including phenoxy) is 1. The molecule has 0 bridgehead atoms. The lowest BCUT2D eigenvalue weighted by atomic mass is 10.0. The minimum atomic E-state index is -0.343. The molecule has 0 radical (unpaired) electrons. The van der Waals surface area contributed by atoms with E-state index >= 15 is 0 Å². The van der Waals surface area contributed by atoms with Crippen molar-refractivity contribution < 1.29 is 9.53 Å². The van der Waals surface area contributed by atoms with E-state index in [4.69, 9.17) is 16.2 Å². The van der Waals surface area contributed by atoms with Gasteiger partial charge in [-0.05, 0) is 12.0 Å². The van der Waals surface area contributed by atoms with E-state index in [9.17, 15) is 4.79 Å². The molecule has 114 valence electrons. The van der Waals surface area contributed by atoms with E-state index in [-0.39, 0.29) is 49.6 Å². The third-order valence-electron chi connectivity index (χ3n) is 2.98. The van der Waals surface area contributed by atoms with E-state index in [0.29, 0.717) is 13.1 Å². The highest BCUT2D eigenvalue weighted by Crippen LogP contribution is 2.10. The summed E-state index contributed by atoms with van der Waals surface area (Å²) in [5.41, 5.74) is 12.6. The molecule has 1 fully saturated rings. The Labute approximate surface area is 131 Å². The molecule has 0 aromatic heterocycles. The highest BCUT2D eigenvalue weighted by molar-refractivity contribution is 5.85. The number of hydrogen-bond acceptors (Lipinski definition) is 4. The summed E-state index contributed by atoms with van der Waals surface area (Å²) >= 11 is 0. The third kappa shape index (κ3) is 5.54. The number of nitrogens with two attached hydrogens (primary N) is 2. The first-order valence-corrected chi connectivity index (χ1v) is 6.12. The Kier molecular flexibility index (Phi) is 8.57. The van der Waals surface area contributed by atoms with Crippen LogP contribution in [0.4, 0.5) is 4.79 Å². The zero-order valence-corrected chi connectivity index (χ0v) is 12.7. The van der Waals surface area contributed by atoms with Crippen LogP contribution in [0.15, 0.2) is 30.3 Å². The van der Waals surface area contributed by atoms with Crippen molar-refractivity contribution in [3.05, 3.63) is 35.9 Å². The van der Waals surface area contributed by atoms with Gasteiger partial charge in [0.25, 0.3) is 0 Å². The Morgan fingerprint density at radius 3 is 2.25 bits per heavy atom. The second-order valence-corrected chi connectivity index (χ2v) is 4.70. The van der Waals surface area contributed by atoms with Crippen LogP contribution in [0.2, 0.25) is 0 Å². The summed E-state index contributed by atoms with van der Waals surface area (Å²) in [5.74, 6) is 0. The minimum absolute atomic E-state index is 0. The van der Waals surface area contributed by atoms with Crippen molar-refractivity contribution in [2.45, 2.75) is 25.1 Å². The van der Waals surface area contributed by atoms with Gasteiger partial charge in [-0.1, -0.05) is 30.3 Å². The molecule has 5 nitrogen and oxygen atoms in total. The number of nitrogens with zero attached hydrogens (tertiary/aromatic N) is 1. The topological polar surface area (TPSA) is 81.6 Å². The van der Waals surface area contributed by atoms with Crippen LogP contribution in [0, 0.1) is 0 Å². The fourth-order valence-corrected chi connectivity index (χ4v) is 2.14. The van der Waals surface area contributed by atoms with Crippen LogP contribution in [0.3, 0.4) is 0 Å². The number of piperidine rings is 1. The van der Waals surface area contributed by atoms with Gasteiger partial charge < -0.3 is 21.1 Å². The number of amides is 1. The molecular formula is C13H21Cl2N3O2. The zero-order chi connectivity index (χ0) is 13.0. The number of carbonyl (C=O) groups excluding carboxylic acids is 1. The van der Waals surface area contributed by atoms with Gasteiger partial charge in [0.05, 0.1) is 0 Å². The number of hydrogen-bond donors (Lipinski definition) is 2. The summed E-state index contributed by atoms with van der Waals surface area (Å²) in [7, 11) is 0. The maximum atomic E-state index is 11.9. The van der Waals surface area contributed by atoms with Crippen LogP contribution in [0.25, 0.3) is 0 Å². The second-order valence-electron chi connectivity index (χ2n) is 4.70. The Morgan fingerprint density at radius 2 is 1.70 bits per heavy atom. The molecule has 0 spiro atoms. The van der Waals surface area contributed by atoms with Gasteiger partial charge in [0.2, 0.25) is 0 Å². The van der Waals surface area contributed by atoms with E-state index in [2.05, 4.69) is 0 Å². The van der Waals surface area contributed by atoms with Gasteiger partial charge in [0, 0.05) is 25.2 Å². The van der Waals surface area contributed by atoms with Crippen LogP contribution in [-0.4, -0.2) is 36.2 Å². The molecule has 20 heavy (non-hydrogen) atoms. The summed E-state index contributed by atoms with van der Waals surface area (Å²) in [5, 5.41) is 0. The van der Waals surface area contributed by atoms with Crippen LogP contribution in [-0.2, 0) is 11.3 Å².